The van der Waals surface area contributed by atoms with Gasteiger partial charge in [-0.1, -0.05) is 6.07 Å². The second-order valence-corrected chi connectivity index (χ2v) is 5.96. The lowest BCUT2D eigenvalue weighted by Gasteiger charge is -2.37. The van der Waals surface area contributed by atoms with E-state index in [1.54, 1.807) is 4.90 Å². The number of carbonyl (C=O) groups is 1. The number of piperidine rings is 1. The predicted octanol–water partition coefficient (Wildman–Crippen LogP) is 2.71. The molecule has 2 saturated heterocycles. The van der Waals surface area contributed by atoms with Crippen molar-refractivity contribution in [3.63, 3.8) is 0 Å². The van der Waals surface area contributed by atoms with Crippen LogP contribution in [0.1, 0.15) is 43.0 Å². The molecule has 1 aromatic rings. The predicted molar refractivity (Wildman–Crippen MR) is 76.0 cm³/mol. The lowest BCUT2D eigenvalue weighted by atomic mass is 9.97. The van der Waals surface area contributed by atoms with Crippen LogP contribution in [0, 0.1) is 11.6 Å². The quantitative estimate of drug-likeness (QED) is 0.929. The van der Waals surface area contributed by atoms with E-state index in [2.05, 4.69) is 5.32 Å². The Morgan fingerprint density at radius 3 is 2.57 bits per heavy atom. The summed E-state index contributed by atoms with van der Waals surface area (Å²) in [5.41, 5.74) is -0.164. The Labute approximate surface area is 123 Å². The summed E-state index contributed by atoms with van der Waals surface area (Å²) in [5.74, 6) is -2.42. The fourth-order valence-corrected chi connectivity index (χ4v) is 3.67. The highest BCUT2D eigenvalue weighted by Crippen LogP contribution is 2.30. The van der Waals surface area contributed by atoms with E-state index in [1.165, 1.54) is 12.1 Å². The van der Waals surface area contributed by atoms with E-state index in [4.69, 9.17) is 0 Å². The van der Waals surface area contributed by atoms with E-state index in [1.807, 2.05) is 6.92 Å². The summed E-state index contributed by atoms with van der Waals surface area (Å²) >= 11 is 0. The summed E-state index contributed by atoms with van der Waals surface area (Å²) in [5, 5.41) is 3.53. The first kappa shape index (κ1) is 14.4. The number of rotatable bonds is 3. The van der Waals surface area contributed by atoms with E-state index in [0.717, 1.165) is 31.7 Å². The van der Waals surface area contributed by atoms with Crippen LogP contribution in [0.2, 0.25) is 0 Å². The van der Waals surface area contributed by atoms with Gasteiger partial charge < -0.3 is 10.2 Å². The standard InChI is InChI=1S/C16H20F2N2O/c1-2-20(12-8-10-6-7-11(9-12)19-10)16(21)13-4-3-5-14(17)15(13)18/h3-5,10-12,19H,2,6-9H2,1H3. The normalized spacial score (nSPS) is 27.7. The number of hydrogen-bond acceptors (Lipinski definition) is 2. The van der Waals surface area contributed by atoms with Crippen molar-refractivity contribution in [2.24, 2.45) is 0 Å². The highest BCUT2D eigenvalue weighted by Gasteiger charge is 2.37. The molecule has 0 spiro atoms. The SMILES string of the molecule is CCN(C(=O)c1cccc(F)c1F)C1CC2CCC(C1)N2. The fraction of sp³-hybridized carbons (Fsp3) is 0.562. The van der Waals surface area contributed by atoms with Crippen molar-refractivity contribution < 1.29 is 13.6 Å². The Morgan fingerprint density at radius 2 is 1.95 bits per heavy atom. The van der Waals surface area contributed by atoms with Gasteiger partial charge in [-0.25, -0.2) is 8.78 Å². The average molecular weight is 294 g/mol. The first-order chi connectivity index (χ1) is 10.1. The number of carbonyl (C=O) groups excluding carboxylic acids is 1. The van der Waals surface area contributed by atoms with Gasteiger partial charge in [0.15, 0.2) is 11.6 Å². The number of amides is 1. The molecule has 0 aliphatic carbocycles. The van der Waals surface area contributed by atoms with Crippen LogP contribution in [0.4, 0.5) is 8.78 Å². The van der Waals surface area contributed by atoms with Crippen molar-refractivity contribution in [1.82, 2.24) is 10.2 Å². The molecular weight excluding hydrogens is 274 g/mol. The first-order valence-corrected chi connectivity index (χ1v) is 7.61. The largest absolute Gasteiger partial charge is 0.336 e. The van der Waals surface area contributed by atoms with E-state index < -0.39 is 17.5 Å². The van der Waals surface area contributed by atoms with Gasteiger partial charge in [0.1, 0.15) is 0 Å². The number of hydrogen-bond donors (Lipinski definition) is 1. The third kappa shape index (κ3) is 2.67. The molecule has 2 atom stereocenters. The molecule has 0 saturated carbocycles. The number of nitrogens with zero attached hydrogens (tertiary/aromatic N) is 1. The lowest BCUT2D eigenvalue weighted by Crippen LogP contribution is -2.50. The van der Waals surface area contributed by atoms with Crippen LogP contribution in [0.5, 0.6) is 0 Å². The van der Waals surface area contributed by atoms with Gasteiger partial charge in [-0.05, 0) is 44.7 Å². The number of nitrogens with one attached hydrogen (secondary N) is 1. The molecule has 2 fully saturated rings. The molecule has 2 aliphatic rings. The molecule has 3 rings (SSSR count). The third-order valence-electron chi connectivity index (χ3n) is 4.67. The molecule has 5 heteroatoms. The lowest BCUT2D eigenvalue weighted by molar-refractivity contribution is 0.0625. The van der Waals surface area contributed by atoms with Crippen LogP contribution in [0.3, 0.4) is 0 Å². The smallest absolute Gasteiger partial charge is 0.257 e. The maximum Gasteiger partial charge on any atom is 0.257 e. The highest BCUT2D eigenvalue weighted by atomic mass is 19.2. The van der Waals surface area contributed by atoms with Crippen LogP contribution in [0.15, 0.2) is 18.2 Å². The van der Waals surface area contributed by atoms with Gasteiger partial charge in [-0.3, -0.25) is 4.79 Å². The molecule has 0 radical (unpaired) electrons. The third-order valence-corrected chi connectivity index (χ3v) is 4.67. The van der Waals surface area contributed by atoms with Gasteiger partial charge >= 0.3 is 0 Å². The molecule has 21 heavy (non-hydrogen) atoms. The molecule has 1 amide bonds. The van der Waals surface area contributed by atoms with Gasteiger partial charge in [0.25, 0.3) is 5.91 Å². The molecule has 0 aromatic heterocycles. The molecule has 114 valence electrons. The van der Waals surface area contributed by atoms with Crippen molar-refractivity contribution in [2.75, 3.05) is 6.54 Å². The topological polar surface area (TPSA) is 32.3 Å². The minimum Gasteiger partial charge on any atom is -0.336 e. The Morgan fingerprint density at radius 1 is 1.29 bits per heavy atom. The maximum absolute atomic E-state index is 13.8. The zero-order valence-corrected chi connectivity index (χ0v) is 12.1. The van der Waals surface area contributed by atoms with Crippen LogP contribution >= 0.6 is 0 Å². The molecule has 1 N–H and O–H groups in total. The fourth-order valence-electron chi connectivity index (χ4n) is 3.67. The Bertz CT molecular complexity index is 537. The summed E-state index contributed by atoms with van der Waals surface area (Å²) in [6.45, 7) is 2.40. The van der Waals surface area contributed by atoms with E-state index in [0.29, 0.717) is 18.6 Å². The zero-order chi connectivity index (χ0) is 15.0. The summed E-state index contributed by atoms with van der Waals surface area (Å²) < 4.78 is 27.2. The van der Waals surface area contributed by atoms with Crippen molar-refractivity contribution in [3.05, 3.63) is 35.4 Å². The van der Waals surface area contributed by atoms with Gasteiger partial charge in [-0.15, -0.1) is 0 Å². The maximum atomic E-state index is 13.8. The molecule has 2 bridgehead atoms. The van der Waals surface area contributed by atoms with Crippen LogP contribution < -0.4 is 5.32 Å². The van der Waals surface area contributed by atoms with Crippen LogP contribution in [-0.4, -0.2) is 35.5 Å². The van der Waals surface area contributed by atoms with Gasteiger partial charge in [0.05, 0.1) is 5.56 Å². The second kappa shape index (κ2) is 5.72. The Kier molecular flexibility index (Phi) is 3.93. The summed E-state index contributed by atoms with van der Waals surface area (Å²) in [4.78, 5) is 14.3. The molecule has 2 unspecified atom stereocenters. The highest BCUT2D eigenvalue weighted by molar-refractivity contribution is 5.94. The molecule has 3 nitrogen and oxygen atoms in total. The van der Waals surface area contributed by atoms with Crippen LogP contribution in [-0.2, 0) is 0 Å². The molecule has 2 heterocycles. The van der Waals surface area contributed by atoms with Crippen molar-refractivity contribution >= 4 is 5.91 Å². The Hall–Kier alpha value is -1.49. The molecule has 1 aromatic carbocycles. The first-order valence-electron chi connectivity index (χ1n) is 7.61. The molecule has 2 aliphatic heterocycles. The molecular formula is C16H20F2N2O. The number of fused-ring (bicyclic) bond motifs is 2. The van der Waals surface area contributed by atoms with E-state index >= 15 is 0 Å². The monoisotopic (exact) mass is 294 g/mol. The zero-order valence-electron chi connectivity index (χ0n) is 12.1. The van der Waals surface area contributed by atoms with Crippen LogP contribution in [0.25, 0.3) is 0 Å². The number of halogens is 2. The van der Waals surface area contributed by atoms with Gasteiger partial charge in [0.2, 0.25) is 0 Å². The second-order valence-electron chi connectivity index (χ2n) is 5.96. The van der Waals surface area contributed by atoms with Gasteiger partial charge in [0, 0.05) is 24.7 Å². The summed E-state index contributed by atoms with van der Waals surface area (Å²) in [6.07, 6.45) is 4.07. The van der Waals surface area contributed by atoms with Crippen molar-refractivity contribution in [3.8, 4) is 0 Å². The van der Waals surface area contributed by atoms with Crippen molar-refractivity contribution in [1.29, 1.82) is 0 Å². The van der Waals surface area contributed by atoms with E-state index in [-0.39, 0.29) is 11.6 Å². The van der Waals surface area contributed by atoms with E-state index in [9.17, 15) is 13.6 Å². The minimum absolute atomic E-state index is 0.115. The average Bonchev–Trinajstić information content (AvgIpc) is 2.81. The van der Waals surface area contributed by atoms with Crippen molar-refractivity contribution in [2.45, 2.75) is 50.7 Å². The van der Waals surface area contributed by atoms with Gasteiger partial charge in [-0.2, -0.15) is 0 Å². The summed E-state index contributed by atoms with van der Waals surface area (Å²) in [7, 11) is 0. The Balaban J connectivity index is 1.82. The minimum atomic E-state index is -1.04. The number of benzene rings is 1. The summed E-state index contributed by atoms with van der Waals surface area (Å²) in [6, 6.07) is 4.79.